The molecule has 4 heteroatoms. The van der Waals surface area contributed by atoms with Gasteiger partial charge in [0.2, 0.25) is 5.91 Å². The minimum atomic E-state index is 0.0652. The van der Waals surface area contributed by atoms with Gasteiger partial charge in [0, 0.05) is 11.3 Å². The van der Waals surface area contributed by atoms with Crippen LogP contribution in [0.2, 0.25) is 0 Å². The summed E-state index contributed by atoms with van der Waals surface area (Å²) in [7, 11) is 0. The highest BCUT2D eigenvalue weighted by Gasteiger charge is 2.20. The van der Waals surface area contributed by atoms with Gasteiger partial charge in [0.15, 0.2) is 0 Å². The maximum absolute atomic E-state index is 11.4. The Hall–Kier alpha value is -2.07. The van der Waals surface area contributed by atoms with Crippen LogP contribution in [0.1, 0.15) is 29.7 Å². The number of benzene rings is 1. The number of carbonyl (C=O) groups excluding carboxylic acids is 1. The van der Waals surface area contributed by atoms with Gasteiger partial charge in [-0.15, -0.1) is 0 Å². The molecule has 3 rings (SSSR count). The van der Waals surface area contributed by atoms with Gasteiger partial charge in [0.25, 0.3) is 0 Å². The summed E-state index contributed by atoms with van der Waals surface area (Å²) in [5.74, 6) is 0.0652. The van der Waals surface area contributed by atoms with E-state index < -0.39 is 0 Å². The second kappa shape index (κ2) is 4.90. The monoisotopic (exact) mass is 256 g/mol. The molecule has 1 aliphatic heterocycles. The third-order valence-corrected chi connectivity index (χ3v) is 3.37. The van der Waals surface area contributed by atoms with Crippen LogP contribution in [0.25, 0.3) is 0 Å². The summed E-state index contributed by atoms with van der Waals surface area (Å²) in [4.78, 5) is 11.4. The van der Waals surface area contributed by atoms with E-state index >= 15 is 0 Å². The first kappa shape index (κ1) is 12.0. The number of hydrogen-bond donors (Lipinski definition) is 2. The number of hydrogen-bond acceptors (Lipinski definition) is 3. The van der Waals surface area contributed by atoms with E-state index in [4.69, 9.17) is 4.42 Å². The predicted octanol–water partition coefficient (Wildman–Crippen LogP) is 2.47. The van der Waals surface area contributed by atoms with Gasteiger partial charge in [-0.05, 0) is 29.8 Å². The van der Waals surface area contributed by atoms with Crippen LogP contribution in [0.5, 0.6) is 0 Å². The van der Waals surface area contributed by atoms with Gasteiger partial charge in [0.05, 0.1) is 25.0 Å². The third kappa shape index (κ3) is 2.27. The zero-order valence-electron chi connectivity index (χ0n) is 10.8. The Morgan fingerprint density at radius 3 is 3.00 bits per heavy atom. The van der Waals surface area contributed by atoms with Gasteiger partial charge in [-0.25, -0.2) is 0 Å². The fourth-order valence-electron chi connectivity index (χ4n) is 2.50. The Morgan fingerprint density at radius 2 is 2.26 bits per heavy atom. The van der Waals surface area contributed by atoms with Crippen molar-refractivity contribution in [1.29, 1.82) is 0 Å². The lowest BCUT2D eigenvalue weighted by atomic mass is 9.98. The average Bonchev–Trinajstić information content (AvgIpc) is 3.02. The quantitative estimate of drug-likeness (QED) is 0.883. The van der Waals surface area contributed by atoms with Gasteiger partial charge < -0.3 is 15.1 Å². The molecule has 0 saturated carbocycles. The molecule has 2 N–H and O–H groups in total. The van der Waals surface area contributed by atoms with E-state index in [1.54, 1.807) is 12.5 Å². The Bertz CT molecular complexity index is 590. The van der Waals surface area contributed by atoms with Crippen LogP contribution in [0.3, 0.4) is 0 Å². The number of furan rings is 1. The number of carbonyl (C=O) groups is 1. The van der Waals surface area contributed by atoms with Crippen LogP contribution >= 0.6 is 0 Å². The molecule has 2 aromatic rings. The highest BCUT2D eigenvalue weighted by molar-refractivity contribution is 5.99. The molecule has 0 aliphatic carbocycles. The molecule has 0 saturated heterocycles. The standard InChI is InChI=1S/C15H16N2O2/c1-2-16-15(11-5-6-19-9-11)10-3-4-13-12(7-10)8-14(18)17-13/h3-7,9,15-16H,2,8H2,1H3,(H,17,18). The van der Waals surface area contributed by atoms with Crippen molar-refractivity contribution in [3.05, 3.63) is 53.5 Å². The Kier molecular flexibility index (Phi) is 3.09. The van der Waals surface area contributed by atoms with Crippen LogP contribution < -0.4 is 10.6 Å². The molecular weight excluding hydrogens is 240 g/mol. The highest BCUT2D eigenvalue weighted by atomic mass is 16.3. The van der Waals surface area contributed by atoms with Crippen molar-refractivity contribution in [2.75, 3.05) is 11.9 Å². The third-order valence-electron chi connectivity index (χ3n) is 3.37. The molecule has 0 bridgehead atoms. The first-order chi connectivity index (χ1) is 9.28. The number of amides is 1. The number of anilines is 1. The van der Waals surface area contributed by atoms with Gasteiger partial charge >= 0.3 is 0 Å². The number of fused-ring (bicyclic) bond motifs is 1. The number of nitrogens with one attached hydrogen (secondary N) is 2. The summed E-state index contributed by atoms with van der Waals surface area (Å²) in [6.45, 7) is 2.94. The zero-order valence-corrected chi connectivity index (χ0v) is 10.8. The maximum atomic E-state index is 11.4. The van der Waals surface area contributed by atoms with E-state index in [0.717, 1.165) is 28.9 Å². The van der Waals surface area contributed by atoms with Crippen molar-refractivity contribution < 1.29 is 9.21 Å². The van der Waals surface area contributed by atoms with Crippen LogP contribution in [0.4, 0.5) is 5.69 Å². The van der Waals surface area contributed by atoms with Gasteiger partial charge in [0.1, 0.15) is 0 Å². The molecule has 0 spiro atoms. The maximum Gasteiger partial charge on any atom is 0.228 e. The van der Waals surface area contributed by atoms with Crippen molar-refractivity contribution >= 4 is 11.6 Å². The Balaban J connectivity index is 1.96. The molecule has 4 nitrogen and oxygen atoms in total. The SMILES string of the molecule is CCNC(c1ccoc1)c1ccc2c(c1)CC(=O)N2. The highest BCUT2D eigenvalue weighted by Crippen LogP contribution is 2.29. The fraction of sp³-hybridized carbons (Fsp3) is 0.267. The summed E-state index contributed by atoms with van der Waals surface area (Å²) in [5.41, 5.74) is 4.24. The zero-order chi connectivity index (χ0) is 13.2. The van der Waals surface area contributed by atoms with Crippen molar-refractivity contribution in [2.24, 2.45) is 0 Å². The molecule has 19 heavy (non-hydrogen) atoms. The summed E-state index contributed by atoms with van der Waals surface area (Å²) < 4.78 is 5.17. The average molecular weight is 256 g/mol. The number of rotatable bonds is 4. The Morgan fingerprint density at radius 1 is 1.37 bits per heavy atom. The summed E-state index contributed by atoms with van der Waals surface area (Å²) in [6, 6.07) is 8.17. The lowest BCUT2D eigenvalue weighted by Crippen LogP contribution is -2.21. The minimum absolute atomic E-state index is 0.0652. The summed E-state index contributed by atoms with van der Waals surface area (Å²) in [6.07, 6.45) is 3.90. The molecular formula is C15H16N2O2. The molecule has 1 aliphatic rings. The smallest absolute Gasteiger partial charge is 0.228 e. The van der Waals surface area contributed by atoms with Crippen molar-refractivity contribution in [2.45, 2.75) is 19.4 Å². The van der Waals surface area contributed by atoms with E-state index in [9.17, 15) is 4.79 Å². The van der Waals surface area contributed by atoms with Crippen LogP contribution in [-0.4, -0.2) is 12.5 Å². The largest absolute Gasteiger partial charge is 0.472 e. The minimum Gasteiger partial charge on any atom is -0.472 e. The van der Waals surface area contributed by atoms with Crippen molar-refractivity contribution in [1.82, 2.24) is 5.32 Å². The molecule has 1 atom stereocenters. The van der Waals surface area contributed by atoms with Crippen molar-refractivity contribution in [3.63, 3.8) is 0 Å². The van der Waals surface area contributed by atoms with Crippen LogP contribution in [0.15, 0.2) is 41.2 Å². The summed E-state index contributed by atoms with van der Waals surface area (Å²) in [5, 5.41) is 6.29. The van der Waals surface area contributed by atoms with Crippen LogP contribution in [-0.2, 0) is 11.2 Å². The topological polar surface area (TPSA) is 54.3 Å². The lowest BCUT2D eigenvalue weighted by Gasteiger charge is -2.17. The van der Waals surface area contributed by atoms with E-state index in [1.807, 2.05) is 18.2 Å². The molecule has 1 unspecified atom stereocenters. The molecule has 0 fully saturated rings. The summed E-state index contributed by atoms with van der Waals surface area (Å²) >= 11 is 0. The first-order valence-corrected chi connectivity index (χ1v) is 6.46. The first-order valence-electron chi connectivity index (χ1n) is 6.46. The molecule has 0 radical (unpaired) electrons. The normalized spacial score (nSPS) is 15.1. The second-order valence-corrected chi connectivity index (χ2v) is 4.69. The van der Waals surface area contributed by atoms with Crippen LogP contribution in [0, 0.1) is 0 Å². The fourth-order valence-corrected chi connectivity index (χ4v) is 2.50. The van der Waals surface area contributed by atoms with E-state index in [2.05, 4.69) is 23.6 Å². The molecule has 1 amide bonds. The van der Waals surface area contributed by atoms with Gasteiger partial charge in [-0.1, -0.05) is 19.1 Å². The van der Waals surface area contributed by atoms with E-state index in [0.29, 0.717) is 6.42 Å². The van der Waals surface area contributed by atoms with E-state index in [1.165, 1.54) is 0 Å². The van der Waals surface area contributed by atoms with E-state index in [-0.39, 0.29) is 11.9 Å². The van der Waals surface area contributed by atoms with Crippen molar-refractivity contribution in [3.8, 4) is 0 Å². The molecule has 98 valence electrons. The molecule has 2 heterocycles. The predicted molar refractivity (Wildman–Crippen MR) is 73.0 cm³/mol. The Labute approximate surface area is 111 Å². The second-order valence-electron chi connectivity index (χ2n) is 4.69. The van der Waals surface area contributed by atoms with Gasteiger partial charge in [-0.3, -0.25) is 4.79 Å². The lowest BCUT2D eigenvalue weighted by molar-refractivity contribution is -0.115. The molecule has 1 aromatic carbocycles. The molecule has 1 aromatic heterocycles. The van der Waals surface area contributed by atoms with Gasteiger partial charge in [-0.2, -0.15) is 0 Å².